The summed E-state index contributed by atoms with van der Waals surface area (Å²) in [7, 11) is 0. The average molecular weight is 345 g/mol. The zero-order chi connectivity index (χ0) is 18.1. The second kappa shape index (κ2) is 10.0. The van der Waals surface area contributed by atoms with Gasteiger partial charge < -0.3 is 14.4 Å². The van der Waals surface area contributed by atoms with E-state index in [1.54, 1.807) is 4.90 Å². The highest BCUT2D eigenvalue weighted by Crippen LogP contribution is 2.18. The topological polar surface area (TPSA) is 65.8 Å². The molecule has 0 spiro atoms. The van der Waals surface area contributed by atoms with E-state index in [1.165, 1.54) is 0 Å². The summed E-state index contributed by atoms with van der Waals surface area (Å²) in [6.45, 7) is 9.09. The van der Waals surface area contributed by atoms with Gasteiger partial charge >= 0.3 is 0 Å². The molecule has 0 saturated carbocycles. The number of nitrogens with zero attached hydrogens (tertiary/aromatic N) is 3. The van der Waals surface area contributed by atoms with E-state index in [1.807, 2.05) is 32.0 Å². The second-order valence-electron chi connectivity index (χ2n) is 6.30. The number of amides is 1. The number of nitriles is 1. The minimum Gasteiger partial charge on any atom is -0.484 e. The number of hydrogen-bond acceptors (Lipinski definition) is 5. The number of morpholine rings is 1. The van der Waals surface area contributed by atoms with Gasteiger partial charge in [0.1, 0.15) is 5.75 Å². The zero-order valence-electron chi connectivity index (χ0n) is 15.2. The lowest BCUT2D eigenvalue weighted by Crippen LogP contribution is -2.44. The molecule has 0 N–H and O–H groups in total. The van der Waals surface area contributed by atoms with Crippen LogP contribution in [0.5, 0.6) is 5.75 Å². The molecule has 0 atom stereocenters. The molecule has 0 aromatic heterocycles. The van der Waals surface area contributed by atoms with Gasteiger partial charge in [-0.2, -0.15) is 5.26 Å². The molecule has 1 aliphatic heterocycles. The van der Waals surface area contributed by atoms with Gasteiger partial charge in [0.25, 0.3) is 5.91 Å². The molecule has 0 radical (unpaired) electrons. The Labute approximate surface area is 149 Å². The van der Waals surface area contributed by atoms with Gasteiger partial charge in [0, 0.05) is 32.7 Å². The fraction of sp³-hybridized carbons (Fsp3) is 0.579. The lowest BCUT2D eigenvalue weighted by atomic mass is 10.1. The van der Waals surface area contributed by atoms with Crippen LogP contribution in [-0.2, 0) is 9.53 Å². The van der Waals surface area contributed by atoms with Crippen molar-refractivity contribution in [1.29, 1.82) is 5.26 Å². The van der Waals surface area contributed by atoms with Crippen LogP contribution in [0.2, 0.25) is 0 Å². The third-order valence-corrected chi connectivity index (χ3v) is 4.32. The first-order chi connectivity index (χ1) is 12.1. The Bertz CT molecular complexity index is 606. The molecule has 1 aromatic carbocycles. The van der Waals surface area contributed by atoms with Gasteiger partial charge in [-0.15, -0.1) is 0 Å². The molecule has 6 heteroatoms. The number of aryl methyl sites for hydroxylation is 2. The molecule has 136 valence electrons. The summed E-state index contributed by atoms with van der Waals surface area (Å²) in [5, 5.41) is 8.84. The van der Waals surface area contributed by atoms with Crippen LogP contribution >= 0.6 is 0 Å². The summed E-state index contributed by atoms with van der Waals surface area (Å²) in [6, 6.07) is 8.01. The van der Waals surface area contributed by atoms with E-state index >= 15 is 0 Å². The predicted molar refractivity (Wildman–Crippen MR) is 95.5 cm³/mol. The highest BCUT2D eigenvalue weighted by molar-refractivity contribution is 5.77. The Kier molecular flexibility index (Phi) is 7.71. The van der Waals surface area contributed by atoms with Crippen molar-refractivity contribution in [3.8, 4) is 11.8 Å². The maximum absolute atomic E-state index is 12.5. The molecule has 1 amide bonds. The van der Waals surface area contributed by atoms with E-state index in [-0.39, 0.29) is 12.5 Å². The number of rotatable bonds is 8. The van der Waals surface area contributed by atoms with Gasteiger partial charge in [-0.25, -0.2) is 0 Å². The van der Waals surface area contributed by atoms with Crippen LogP contribution in [0, 0.1) is 25.2 Å². The average Bonchev–Trinajstić information content (AvgIpc) is 2.61. The van der Waals surface area contributed by atoms with Crippen molar-refractivity contribution in [2.24, 2.45) is 0 Å². The maximum Gasteiger partial charge on any atom is 0.260 e. The van der Waals surface area contributed by atoms with Crippen molar-refractivity contribution in [3.05, 3.63) is 29.3 Å². The molecule has 0 bridgehead atoms. The molecule has 25 heavy (non-hydrogen) atoms. The normalized spacial score (nSPS) is 14.8. The van der Waals surface area contributed by atoms with Crippen LogP contribution in [0.4, 0.5) is 0 Å². The fourth-order valence-electron chi connectivity index (χ4n) is 2.83. The lowest BCUT2D eigenvalue weighted by Gasteiger charge is -2.29. The minimum atomic E-state index is -0.0801. The number of benzene rings is 1. The lowest BCUT2D eigenvalue weighted by molar-refractivity contribution is -0.133. The van der Waals surface area contributed by atoms with Gasteiger partial charge in [-0.3, -0.25) is 9.69 Å². The number of carbonyl (C=O) groups is 1. The largest absolute Gasteiger partial charge is 0.484 e. The van der Waals surface area contributed by atoms with Crippen molar-refractivity contribution in [2.75, 3.05) is 52.5 Å². The van der Waals surface area contributed by atoms with E-state index in [0.717, 1.165) is 49.7 Å². The van der Waals surface area contributed by atoms with Crippen molar-refractivity contribution in [1.82, 2.24) is 9.80 Å². The van der Waals surface area contributed by atoms with Gasteiger partial charge in [-0.05, 0) is 25.5 Å². The highest BCUT2D eigenvalue weighted by atomic mass is 16.5. The van der Waals surface area contributed by atoms with E-state index in [0.29, 0.717) is 19.5 Å². The molecule has 0 unspecified atom stereocenters. The molecule has 1 saturated heterocycles. The summed E-state index contributed by atoms with van der Waals surface area (Å²) in [4.78, 5) is 16.5. The molecular formula is C19H27N3O3. The molecule has 0 aliphatic carbocycles. The first-order valence-corrected chi connectivity index (χ1v) is 8.75. The smallest absolute Gasteiger partial charge is 0.260 e. The molecule has 1 fully saturated rings. The SMILES string of the molecule is Cc1ccc(OCC(=O)N(CCC#N)CCN2CCOCC2)c(C)c1. The van der Waals surface area contributed by atoms with Gasteiger partial charge in [-0.1, -0.05) is 17.7 Å². The first kappa shape index (κ1) is 19.2. The van der Waals surface area contributed by atoms with E-state index in [4.69, 9.17) is 14.7 Å². The molecule has 1 aromatic rings. The van der Waals surface area contributed by atoms with Crippen molar-refractivity contribution in [3.63, 3.8) is 0 Å². The number of hydrogen-bond donors (Lipinski definition) is 0. The van der Waals surface area contributed by atoms with Crippen LogP contribution in [0.3, 0.4) is 0 Å². The van der Waals surface area contributed by atoms with Crippen LogP contribution in [0.1, 0.15) is 17.5 Å². The highest BCUT2D eigenvalue weighted by Gasteiger charge is 2.17. The van der Waals surface area contributed by atoms with Crippen LogP contribution in [0.25, 0.3) is 0 Å². The molecule has 1 aliphatic rings. The quantitative estimate of drug-likeness (QED) is 0.718. The Morgan fingerprint density at radius 2 is 2.08 bits per heavy atom. The summed E-state index contributed by atoms with van der Waals surface area (Å²) >= 11 is 0. The molecule has 6 nitrogen and oxygen atoms in total. The van der Waals surface area contributed by atoms with E-state index in [9.17, 15) is 4.79 Å². The second-order valence-corrected chi connectivity index (χ2v) is 6.30. The van der Waals surface area contributed by atoms with Crippen molar-refractivity contribution >= 4 is 5.91 Å². The third kappa shape index (κ3) is 6.37. The minimum absolute atomic E-state index is 0.00155. The fourth-order valence-corrected chi connectivity index (χ4v) is 2.83. The molecule has 2 rings (SSSR count). The maximum atomic E-state index is 12.5. The van der Waals surface area contributed by atoms with E-state index < -0.39 is 0 Å². The number of ether oxygens (including phenoxy) is 2. The van der Waals surface area contributed by atoms with Crippen LogP contribution in [0.15, 0.2) is 18.2 Å². The third-order valence-electron chi connectivity index (χ3n) is 4.32. The predicted octanol–water partition coefficient (Wildman–Crippen LogP) is 1.76. The van der Waals surface area contributed by atoms with Crippen molar-refractivity contribution in [2.45, 2.75) is 20.3 Å². The van der Waals surface area contributed by atoms with Crippen LogP contribution in [-0.4, -0.2) is 68.3 Å². The Balaban J connectivity index is 1.86. The first-order valence-electron chi connectivity index (χ1n) is 8.75. The summed E-state index contributed by atoms with van der Waals surface area (Å²) in [5.41, 5.74) is 2.18. The summed E-state index contributed by atoms with van der Waals surface area (Å²) < 4.78 is 11.0. The Morgan fingerprint density at radius 3 is 2.76 bits per heavy atom. The van der Waals surface area contributed by atoms with Crippen LogP contribution < -0.4 is 4.74 Å². The molecule has 1 heterocycles. The Morgan fingerprint density at radius 1 is 1.32 bits per heavy atom. The summed E-state index contributed by atoms with van der Waals surface area (Å²) in [6.07, 6.45) is 0.332. The number of carbonyl (C=O) groups excluding carboxylic acids is 1. The molecular weight excluding hydrogens is 318 g/mol. The van der Waals surface area contributed by atoms with Gasteiger partial charge in [0.2, 0.25) is 0 Å². The standard InChI is InChI=1S/C19H27N3O3/c1-16-4-5-18(17(2)14-16)25-15-19(23)22(7-3-6-20)9-8-21-10-12-24-13-11-21/h4-5,14H,3,7-13,15H2,1-2H3. The van der Waals surface area contributed by atoms with E-state index in [2.05, 4.69) is 11.0 Å². The Hall–Kier alpha value is -2.10. The van der Waals surface area contributed by atoms with Crippen molar-refractivity contribution < 1.29 is 14.3 Å². The summed E-state index contributed by atoms with van der Waals surface area (Å²) in [5.74, 6) is 0.649. The van der Waals surface area contributed by atoms with Gasteiger partial charge in [0.05, 0.1) is 25.7 Å². The zero-order valence-corrected chi connectivity index (χ0v) is 15.2. The van der Waals surface area contributed by atoms with Gasteiger partial charge in [0.15, 0.2) is 6.61 Å². The monoisotopic (exact) mass is 345 g/mol.